The topological polar surface area (TPSA) is 75.2 Å². The van der Waals surface area contributed by atoms with Gasteiger partial charge in [0, 0.05) is 32.7 Å². The van der Waals surface area contributed by atoms with Crippen LogP contribution in [0.2, 0.25) is 0 Å². The van der Waals surface area contributed by atoms with Gasteiger partial charge in [0.25, 0.3) is 0 Å². The van der Waals surface area contributed by atoms with Crippen LogP contribution in [0.5, 0.6) is 0 Å². The molecular weight excluding hydrogens is 387 g/mol. The maximum Gasteiger partial charge on any atom is 0.307 e. The second kappa shape index (κ2) is 13.1. The number of esters is 1. The lowest BCUT2D eigenvalue weighted by Crippen LogP contribution is -2.40. The Morgan fingerprint density at radius 3 is 2.67 bits per heavy atom. The van der Waals surface area contributed by atoms with Crippen LogP contribution in [0.25, 0.3) is 0 Å². The molecule has 0 unspecified atom stereocenters. The summed E-state index contributed by atoms with van der Waals surface area (Å²) in [6, 6.07) is 0. The Hall–Kier alpha value is -0.610. The minimum Gasteiger partial charge on any atom is -0.469 e. The number of carbonyl (C=O) groups is 1. The van der Waals surface area contributed by atoms with Crippen LogP contribution in [0, 0.1) is 0 Å². The molecule has 124 valence electrons. The monoisotopic (exact) mass is 414 g/mol. The predicted octanol–water partition coefficient (Wildman–Crippen LogP) is 0.0548. The molecule has 0 amide bonds. The van der Waals surface area contributed by atoms with Crippen molar-refractivity contribution in [3.8, 4) is 0 Å². The molecule has 0 aromatic rings. The average molecular weight is 414 g/mol. The minimum absolute atomic E-state index is 0. The second-order valence-corrected chi connectivity index (χ2v) is 4.47. The molecule has 0 atom stereocenters. The van der Waals surface area contributed by atoms with Gasteiger partial charge in [-0.1, -0.05) is 0 Å². The molecule has 0 aromatic heterocycles. The maximum atomic E-state index is 11.0. The zero-order valence-electron chi connectivity index (χ0n) is 12.9. The molecule has 21 heavy (non-hydrogen) atoms. The zero-order chi connectivity index (χ0) is 14.6. The average Bonchev–Trinajstić information content (AvgIpc) is 2.48. The van der Waals surface area contributed by atoms with E-state index in [-0.39, 0.29) is 29.9 Å². The van der Waals surface area contributed by atoms with Crippen molar-refractivity contribution in [3.05, 3.63) is 0 Å². The van der Waals surface area contributed by atoms with Gasteiger partial charge in [0.05, 0.1) is 33.3 Å². The Morgan fingerprint density at radius 2 is 2.05 bits per heavy atom. The summed E-state index contributed by atoms with van der Waals surface area (Å²) in [4.78, 5) is 17.9. The predicted molar refractivity (Wildman–Crippen MR) is 93.3 cm³/mol. The number of nitrogens with zero attached hydrogens (tertiary/aromatic N) is 2. The van der Waals surface area contributed by atoms with Crippen molar-refractivity contribution in [2.75, 3.05) is 59.6 Å². The highest BCUT2D eigenvalue weighted by atomic mass is 127. The van der Waals surface area contributed by atoms with Crippen LogP contribution >= 0.6 is 24.0 Å². The Morgan fingerprint density at radius 1 is 1.33 bits per heavy atom. The Kier molecular flexibility index (Phi) is 12.7. The van der Waals surface area contributed by atoms with Gasteiger partial charge in [-0.15, -0.1) is 24.0 Å². The van der Waals surface area contributed by atoms with Gasteiger partial charge in [0.15, 0.2) is 5.96 Å². The summed E-state index contributed by atoms with van der Waals surface area (Å²) in [6.45, 7) is 8.55. The summed E-state index contributed by atoms with van der Waals surface area (Å²) in [7, 11) is 1.39. The highest BCUT2D eigenvalue weighted by molar-refractivity contribution is 14.0. The molecule has 0 bridgehead atoms. The van der Waals surface area contributed by atoms with Crippen molar-refractivity contribution in [1.82, 2.24) is 15.5 Å². The molecule has 2 N–H and O–H groups in total. The van der Waals surface area contributed by atoms with Crippen LogP contribution in [-0.2, 0) is 14.3 Å². The van der Waals surface area contributed by atoms with Gasteiger partial charge in [-0.05, 0) is 6.92 Å². The Bertz CT molecular complexity index is 310. The van der Waals surface area contributed by atoms with Crippen molar-refractivity contribution in [3.63, 3.8) is 0 Å². The smallest absolute Gasteiger partial charge is 0.307 e. The first-order valence-corrected chi connectivity index (χ1v) is 7.15. The van der Waals surface area contributed by atoms with Crippen LogP contribution in [0.15, 0.2) is 4.99 Å². The van der Waals surface area contributed by atoms with Crippen molar-refractivity contribution < 1.29 is 14.3 Å². The number of carbonyl (C=O) groups excluding carboxylic acids is 1. The first kappa shape index (κ1) is 20.4. The zero-order valence-corrected chi connectivity index (χ0v) is 15.2. The molecule has 7 nitrogen and oxygen atoms in total. The van der Waals surface area contributed by atoms with Crippen molar-refractivity contribution >= 4 is 35.9 Å². The maximum absolute atomic E-state index is 11.0. The van der Waals surface area contributed by atoms with E-state index in [2.05, 4.69) is 25.3 Å². The fourth-order valence-corrected chi connectivity index (χ4v) is 1.85. The van der Waals surface area contributed by atoms with E-state index in [1.54, 1.807) is 0 Å². The van der Waals surface area contributed by atoms with Crippen LogP contribution in [0.3, 0.4) is 0 Å². The van der Waals surface area contributed by atoms with E-state index < -0.39 is 0 Å². The quantitative estimate of drug-likeness (QED) is 0.266. The SMILES string of the molecule is CCNC(=NCCN1CCOCC1)NCCC(=O)OC.I. The summed E-state index contributed by atoms with van der Waals surface area (Å²) < 4.78 is 9.90. The molecule has 1 aliphatic heterocycles. The first-order chi connectivity index (χ1) is 9.76. The molecule has 1 heterocycles. The summed E-state index contributed by atoms with van der Waals surface area (Å²) >= 11 is 0. The second-order valence-electron chi connectivity index (χ2n) is 4.47. The number of ether oxygens (including phenoxy) is 2. The summed E-state index contributed by atoms with van der Waals surface area (Å²) in [6.07, 6.45) is 0.338. The Balaban J connectivity index is 0.00000400. The normalized spacial score (nSPS) is 16.0. The summed E-state index contributed by atoms with van der Waals surface area (Å²) in [5.74, 6) is 0.520. The lowest BCUT2D eigenvalue weighted by Gasteiger charge is -2.25. The van der Waals surface area contributed by atoms with Crippen LogP contribution in [0.4, 0.5) is 0 Å². The van der Waals surface area contributed by atoms with Crippen LogP contribution in [-0.4, -0.2) is 76.4 Å². The molecule has 8 heteroatoms. The van der Waals surface area contributed by atoms with Crippen LogP contribution < -0.4 is 10.6 Å². The number of hydrogen-bond acceptors (Lipinski definition) is 5. The minimum atomic E-state index is -0.221. The van der Waals surface area contributed by atoms with E-state index in [0.29, 0.717) is 13.0 Å². The van der Waals surface area contributed by atoms with Gasteiger partial charge in [-0.3, -0.25) is 14.7 Å². The van der Waals surface area contributed by atoms with Gasteiger partial charge < -0.3 is 20.1 Å². The third-order valence-electron chi connectivity index (χ3n) is 2.98. The molecule has 0 aromatic carbocycles. The van der Waals surface area contributed by atoms with Gasteiger partial charge in [0.1, 0.15) is 0 Å². The standard InChI is InChI=1S/C13H26N4O3.HI/c1-3-14-13(15-5-4-12(18)19-2)16-6-7-17-8-10-20-11-9-17;/h3-11H2,1-2H3,(H2,14,15,16);1H. The molecule has 0 saturated carbocycles. The highest BCUT2D eigenvalue weighted by Gasteiger charge is 2.09. The molecule has 1 rings (SSSR count). The third kappa shape index (κ3) is 9.86. The number of halogens is 1. The molecule has 1 fully saturated rings. The number of nitrogens with one attached hydrogen (secondary N) is 2. The van der Waals surface area contributed by atoms with E-state index in [0.717, 1.165) is 51.9 Å². The number of rotatable bonds is 7. The van der Waals surface area contributed by atoms with Gasteiger partial charge in [-0.2, -0.15) is 0 Å². The van der Waals surface area contributed by atoms with E-state index >= 15 is 0 Å². The van der Waals surface area contributed by atoms with Gasteiger partial charge >= 0.3 is 5.97 Å². The fourth-order valence-electron chi connectivity index (χ4n) is 1.85. The number of hydrogen-bond donors (Lipinski definition) is 2. The van der Waals surface area contributed by atoms with Crippen molar-refractivity contribution in [2.24, 2.45) is 4.99 Å². The number of guanidine groups is 1. The van der Waals surface area contributed by atoms with E-state index in [4.69, 9.17) is 4.74 Å². The molecule has 0 aliphatic carbocycles. The fraction of sp³-hybridized carbons (Fsp3) is 0.846. The summed E-state index contributed by atoms with van der Waals surface area (Å²) in [5, 5.41) is 6.27. The van der Waals surface area contributed by atoms with Crippen LogP contribution in [0.1, 0.15) is 13.3 Å². The molecule has 1 saturated heterocycles. The molecule has 1 aliphatic rings. The lowest BCUT2D eigenvalue weighted by molar-refractivity contribution is -0.140. The van der Waals surface area contributed by atoms with E-state index in [9.17, 15) is 4.79 Å². The number of morpholine rings is 1. The Labute approximate surface area is 143 Å². The van der Waals surface area contributed by atoms with E-state index in [1.165, 1.54) is 7.11 Å². The van der Waals surface area contributed by atoms with E-state index in [1.807, 2.05) is 6.92 Å². The number of methoxy groups -OCH3 is 1. The molecular formula is C13H27IN4O3. The largest absolute Gasteiger partial charge is 0.469 e. The molecule has 0 radical (unpaired) electrons. The highest BCUT2D eigenvalue weighted by Crippen LogP contribution is 1.95. The summed E-state index contributed by atoms with van der Waals surface area (Å²) in [5.41, 5.74) is 0. The van der Waals surface area contributed by atoms with Gasteiger partial charge in [0.2, 0.25) is 0 Å². The third-order valence-corrected chi connectivity index (χ3v) is 2.98. The lowest BCUT2D eigenvalue weighted by atomic mass is 10.4. The van der Waals surface area contributed by atoms with Crippen molar-refractivity contribution in [2.45, 2.75) is 13.3 Å². The number of aliphatic imine (C=N–C) groups is 1. The van der Waals surface area contributed by atoms with Gasteiger partial charge in [-0.25, -0.2) is 0 Å². The molecule has 0 spiro atoms. The first-order valence-electron chi connectivity index (χ1n) is 7.15. The van der Waals surface area contributed by atoms with Crippen molar-refractivity contribution in [1.29, 1.82) is 0 Å².